The summed E-state index contributed by atoms with van der Waals surface area (Å²) in [4.78, 5) is 14.1. The number of nitrogen functional groups attached to an aromatic ring is 1. The highest BCUT2D eigenvalue weighted by Gasteiger charge is 2.27. The van der Waals surface area contributed by atoms with E-state index in [1.165, 1.54) is 0 Å². The fourth-order valence-electron chi connectivity index (χ4n) is 2.44. The first-order chi connectivity index (χ1) is 9.26. The molecule has 0 bridgehead atoms. The van der Waals surface area contributed by atoms with Gasteiger partial charge >= 0.3 is 0 Å². The van der Waals surface area contributed by atoms with Gasteiger partial charge in [-0.3, -0.25) is 4.79 Å². The second kappa shape index (κ2) is 6.44. The highest BCUT2D eigenvalue weighted by molar-refractivity contribution is 5.92. The van der Waals surface area contributed by atoms with Gasteiger partial charge in [0.15, 0.2) is 11.5 Å². The molecule has 104 valence electrons. The molecule has 1 aliphatic rings. The van der Waals surface area contributed by atoms with Crippen LogP contribution in [0.1, 0.15) is 36.2 Å². The van der Waals surface area contributed by atoms with Crippen molar-refractivity contribution in [2.75, 3.05) is 18.6 Å². The molecule has 1 heterocycles. The third kappa shape index (κ3) is 3.18. The van der Waals surface area contributed by atoms with Crippen molar-refractivity contribution in [1.82, 2.24) is 15.1 Å². The van der Waals surface area contributed by atoms with Crippen molar-refractivity contribution in [3.05, 3.63) is 17.8 Å². The van der Waals surface area contributed by atoms with Crippen LogP contribution >= 0.6 is 0 Å². The standard InChI is InChI=1S/C12H19N5O2/c13-14-11-6-5-10(15-16-11)12(19)17(7-8-18)9-3-1-2-4-9/h5-6,9,18H,1-4,7-8,13H2,(H,14,16). The zero-order valence-electron chi connectivity index (χ0n) is 10.7. The molecule has 1 aliphatic carbocycles. The first-order valence-corrected chi connectivity index (χ1v) is 6.48. The number of nitrogens with two attached hydrogens (primary N) is 1. The number of aliphatic hydroxyl groups excluding tert-OH is 1. The molecule has 1 fully saturated rings. The molecule has 0 unspecified atom stereocenters. The third-order valence-corrected chi connectivity index (χ3v) is 3.40. The lowest BCUT2D eigenvalue weighted by atomic mass is 10.2. The van der Waals surface area contributed by atoms with Crippen molar-refractivity contribution in [2.45, 2.75) is 31.7 Å². The van der Waals surface area contributed by atoms with E-state index in [9.17, 15) is 4.79 Å². The number of hydrogen-bond donors (Lipinski definition) is 3. The van der Waals surface area contributed by atoms with Gasteiger partial charge in [-0.15, -0.1) is 10.2 Å². The first kappa shape index (κ1) is 13.7. The number of rotatable bonds is 5. The van der Waals surface area contributed by atoms with Crippen LogP contribution in [0.3, 0.4) is 0 Å². The Bertz CT molecular complexity index is 417. The summed E-state index contributed by atoms with van der Waals surface area (Å²) in [6.45, 7) is 0.292. The molecule has 1 aromatic rings. The van der Waals surface area contributed by atoms with Gasteiger partial charge in [0, 0.05) is 12.6 Å². The summed E-state index contributed by atoms with van der Waals surface area (Å²) < 4.78 is 0. The molecule has 4 N–H and O–H groups in total. The van der Waals surface area contributed by atoms with E-state index in [4.69, 9.17) is 10.9 Å². The largest absolute Gasteiger partial charge is 0.395 e. The van der Waals surface area contributed by atoms with Crippen LogP contribution in [0.4, 0.5) is 5.82 Å². The van der Waals surface area contributed by atoms with E-state index >= 15 is 0 Å². The molecule has 0 radical (unpaired) electrons. The van der Waals surface area contributed by atoms with Gasteiger partial charge in [0.2, 0.25) is 0 Å². The van der Waals surface area contributed by atoms with Crippen molar-refractivity contribution in [2.24, 2.45) is 5.84 Å². The molecule has 1 aromatic heterocycles. The number of aromatic nitrogens is 2. The molecule has 0 aromatic carbocycles. The SMILES string of the molecule is NNc1ccc(C(=O)N(CCO)C2CCCC2)nn1. The Morgan fingerprint density at radius 1 is 1.42 bits per heavy atom. The van der Waals surface area contributed by atoms with Gasteiger partial charge in [0.25, 0.3) is 5.91 Å². The van der Waals surface area contributed by atoms with Crippen LogP contribution in [0.25, 0.3) is 0 Å². The zero-order chi connectivity index (χ0) is 13.7. The lowest BCUT2D eigenvalue weighted by Crippen LogP contribution is -2.41. The minimum absolute atomic E-state index is 0.0435. The minimum Gasteiger partial charge on any atom is -0.395 e. The Hall–Kier alpha value is -1.73. The first-order valence-electron chi connectivity index (χ1n) is 6.48. The summed E-state index contributed by atoms with van der Waals surface area (Å²) in [5, 5.41) is 16.8. The molecule has 2 rings (SSSR count). The van der Waals surface area contributed by atoms with Crippen LogP contribution in [0.5, 0.6) is 0 Å². The van der Waals surface area contributed by atoms with E-state index in [0.717, 1.165) is 25.7 Å². The van der Waals surface area contributed by atoms with Crippen LogP contribution in [-0.4, -0.2) is 45.3 Å². The second-order valence-electron chi connectivity index (χ2n) is 4.61. The number of amides is 1. The number of carbonyl (C=O) groups is 1. The number of carbonyl (C=O) groups excluding carboxylic acids is 1. The number of aliphatic hydroxyl groups is 1. The van der Waals surface area contributed by atoms with Gasteiger partial charge in [-0.1, -0.05) is 12.8 Å². The zero-order valence-corrected chi connectivity index (χ0v) is 10.7. The average Bonchev–Trinajstić information content (AvgIpc) is 2.98. The molecule has 1 amide bonds. The second-order valence-corrected chi connectivity index (χ2v) is 4.61. The van der Waals surface area contributed by atoms with Gasteiger partial charge in [-0.05, 0) is 25.0 Å². The molecule has 19 heavy (non-hydrogen) atoms. The minimum atomic E-state index is -0.183. The van der Waals surface area contributed by atoms with Gasteiger partial charge < -0.3 is 15.4 Å². The van der Waals surface area contributed by atoms with Crippen LogP contribution in [-0.2, 0) is 0 Å². The van der Waals surface area contributed by atoms with Gasteiger partial charge in [0.1, 0.15) is 0 Å². The van der Waals surface area contributed by atoms with Crippen LogP contribution in [0.2, 0.25) is 0 Å². The Morgan fingerprint density at radius 2 is 2.16 bits per heavy atom. The topological polar surface area (TPSA) is 104 Å². The summed E-state index contributed by atoms with van der Waals surface area (Å²) in [6, 6.07) is 3.39. The maximum absolute atomic E-state index is 12.4. The monoisotopic (exact) mass is 265 g/mol. The molecule has 1 saturated carbocycles. The lowest BCUT2D eigenvalue weighted by molar-refractivity contribution is 0.0631. The molecular formula is C12H19N5O2. The van der Waals surface area contributed by atoms with Crippen molar-refractivity contribution in [1.29, 1.82) is 0 Å². The summed E-state index contributed by atoms with van der Waals surface area (Å²) in [6.07, 6.45) is 4.23. The van der Waals surface area contributed by atoms with Crippen molar-refractivity contribution < 1.29 is 9.90 Å². The van der Waals surface area contributed by atoms with Gasteiger partial charge in [0.05, 0.1) is 6.61 Å². The van der Waals surface area contributed by atoms with E-state index < -0.39 is 0 Å². The fourth-order valence-corrected chi connectivity index (χ4v) is 2.44. The summed E-state index contributed by atoms with van der Waals surface area (Å²) in [7, 11) is 0. The summed E-state index contributed by atoms with van der Waals surface area (Å²) in [5.74, 6) is 5.43. The molecule has 7 heteroatoms. The summed E-state index contributed by atoms with van der Waals surface area (Å²) in [5.41, 5.74) is 2.64. The molecule has 0 atom stereocenters. The predicted molar refractivity (Wildman–Crippen MR) is 70.2 cm³/mol. The van der Waals surface area contributed by atoms with Gasteiger partial charge in [-0.25, -0.2) is 5.84 Å². The van der Waals surface area contributed by atoms with E-state index in [2.05, 4.69) is 15.6 Å². The number of nitrogens with one attached hydrogen (secondary N) is 1. The highest BCUT2D eigenvalue weighted by atomic mass is 16.3. The Balaban J connectivity index is 2.12. The third-order valence-electron chi connectivity index (χ3n) is 3.40. The molecular weight excluding hydrogens is 246 g/mol. The van der Waals surface area contributed by atoms with Crippen LogP contribution in [0.15, 0.2) is 12.1 Å². The maximum atomic E-state index is 12.4. The van der Waals surface area contributed by atoms with E-state index in [1.807, 2.05) is 0 Å². The van der Waals surface area contributed by atoms with Gasteiger partial charge in [-0.2, -0.15) is 0 Å². The lowest BCUT2D eigenvalue weighted by Gasteiger charge is -2.27. The quantitative estimate of drug-likeness (QED) is 0.516. The Labute approximate surface area is 111 Å². The van der Waals surface area contributed by atoms with Crippen molar-refractivity contribution in [3.8, 4) is 0 Å². The number of anilines is 1. The Kier molecular flexibility index (Phi) is 4.64. The number of nitrogens with zero attached hydrogens (tertiary/aromatic N) is 3. The molecule has 7 nitrogen and oxygen atoms in total. The predicted octanol–water partition coefficient (Wildman–Crippen LogP) is 0.139. The normalized spacial score (nSPS) is 15.5. The smallest absolute Gasteiger partial charge is 0.274 e. The van der Waals surface area contributed by atoms with Crippen LogP contribution < -0.4 is 11.3 Å². The van der Waals surface area contributed by atoms with E-state index in [1.54, 1.807) is 17.0 Å². The number of hydrogen-bond acceptors (Lipinski definition) is 6. The van der Waals surface area contributed by atoms with Crippen molar-refractivity contribution >= 4 is 11.7 Å². The molecule has 0 spiro atoms. The van der Waals surface area contributed by atoms with E-state index in [0.29, 0.717) is 12.4 Å². The maximum Gasteiger partial charge on any atom is 0.274 e. The van der Waals surface area contributed by atoms with Crippen LogP contribution in [0, 0.1) is 0 Å². The number of hydrazine groups is 1. The van der Waals surface area contributed by atoms with E-state index in [-0.39, 0.29) is 24.2 Å². The summed E-state index contributed by atoms with van der Waals surface area (Å²) >= 11 is 0. The average molecular weight is 265 g/mol. The molecule has 0 saturated heterocycles. The molecule has 0 aliphatic heterocycles. The van der Waals surface area contributed by atoms with Crippen molar-refractivity contribution in [3.63, 3.8) is 0 Å². The highest BCUT2D eigenvalue weighted by Crippen LogP contribution is 2.24. The fraction of sp³-hybridized carbons (Fsp3) is 0.583. The Morgan fingerprint density at radius 3 is 2.68 bits per heavy atom.